The first-order chi connectivity index (χ1) is 13.4. The van der Waals surface area contributed by atoms with Gasteiger partial charge in [0.1, 0.15) is 16.4 Å². The lowest BCUT2D eigenvalue weighted by molar-refractivity contribution is 0.0864. The molecule has 0 aromatic heterocycles. The largest absolute Gasteiger partial charge is 0.497 e. The molecular formula is C19H18N2O6S. The van der Waals surface area contributed by atoms with Crippen LogP contribution < -0.4 is 14.8 Å². The average Bonchev–Trinajstić information content (AvgIpc) is 3.49. The topological polar surface area (TPSA) is 102 Å². The number of carbonyl (C=O) groups excluding carboxylic acids is 2. The number of amides is 2. The smallest absolute Gasteiger partial charge is 0.269 e. The van der Waals surface area contributed by atoms with Crippen molar-refractivity contribution in [1.82, 2.24) is 4.31 Å². The Hall–Kier alpha value is -3.07. The fourth-order valence-corrected chi connectivity index (χ4v) is 5.01. The van der Waals surface area contributed by atoms with Gasteiger partial charge in [0.15, 0.2) is 0 Å². The molecule has 0 spiro atoms. The normalized spacial score (nSPS) is 17.2. The number of ether oxygens (including phenoxy) is 2. The lowest BCUT2D eigenvalue weighted by Gasteiger charge is -2.13. The fraction of sp³-hybridized carbons (Fsp3) is 0.263. The van der Waals surface area contributed by atoms with E-state index in [1.807, 2.05) is 0 Å². The minimum absolute atomic E-state index is 0.0995. The number of nitrogens with zero attached hydrogens (tertiary/aromatic N) is 1. The van der Waals surface area contributed by atoms with Crippen molar-refractivity contribution in [2.75, 3.05) is 19.5 Å². The molecule has 0 bridgehead atoms. The molecule has 28 heavy (non-hydrogen) atoms. The van der Waals surface area contributed by atoms with Gasteiger partial charge in [-0.15, -0.1) is 0 Å². The summed E-state index contributed by atoms with van der Waals surface area (Å²) in [4.78, 5) is 25.0. The van der Waals surface area contributed by atoms with E-state index in [0.29, 0.717) is 30.0 Å². The van der Waals surface area contributed by atoms with Crippen molar-refractivity contribution in [1.29, 1.82) is 0 Å². The van der Waals surface area contributed by atoms with E-state index < -0.39 is 21.8 Å². The molecule has 0 unspecified atom stereocenters. The lowest BCUT2D eigenvalue weighted by atomic mass is 10.1. The minimum Gasteiger partial charge on any atom is -0.497 e. The highest BCUT2D eigenvalue weighted by Crippen LogP contribution is 2.39. The van der Waals surface area contributed by atoms with Gasteiger partial charge in [0.2, 0.25) is 0 Å². The predicted molar refractivity (Wildman–Crippen MR) is 100 cm³/mol. The number of benzene rings is 2. The number of fused-ring (bicyclic) bond motifs is 1. The first-order valence-electron chi connectivity index (χ1n) is 8.63. The third-order valence-electron chi connectivity index (χ3n) is 4.74. The Morgan fingerprint density at radius 2 is 1.86 bits per heavy atom. The molecule has 1 heterocycles. The van der Waals surface area contributed by atoms with Gasteiger partial charge in [-0.25, -0.2) is 12.7 Å². The summed E-state index contributed by atoms with van der Waals surface area (Å²) in [6.07, 6.45) is 1.34. The SMILES string of the molecule is COc1ccc(OC)c(NC(=O)c2ccc3c(c2)S(=O)(=O)N(C2CC2)C3=O)c1. The second kappa shape index (κ2) is 6.52. The van der Waals surface area contributed by atoms with Crippen LogP contribution in [0.5, 0.6) is 11.5 Å². The highest BCUT2D eigenvalue weighted by atomic mass is 32.2. The van der Waals surface area contributed by atoms with Crippen LogP contribution in [0.25, 0.3) is 0 Å². The number of hydrogen-bond acceptors (Lipinski definition) is 6. The fourth-order valence-electron chi connectivity index (χ4n) is 3.16. The number of rotatable bonds is 5. The molecule has 1 fully saturated rings. The third-order valence-corrected chi connectivity index (χ3v) is 6.62. The number of sulfonamides is 1. The summed E-state index contributed by atoms with van der Waals surface area (Å²) in [6.45, 7) is 0. The molecule has 146 valence electrons. The molecule has 1 aliphatic carbocycles. The Morgan fingerprint density at radius 1 is 1.11 bits per heavy atom. The Balaban J connectivity index is 1.66. The summed E-state index contributed by atoms with van der Waals surface area (Å²) in [5.41, 5.74) is 0.603. The average molecular weight is 402 g/mol. The van der Waals surface area contributed by atoms with E-state index in [9.17, 15) is 18.0 Å². The molecular weight excluding hydrogens is 384 g/mol. The number of anilines is 1. The highest BCUT2D eigenvalue weighted by Gasteiger charge is 2.48. The van der Waals surface area contributed by atoms with Gasteiger partial charge in [-0.05, 0) is 43.2 Å². The zero-order chi connectivity index (χ0) is 20.1. The molecule has 2 aliphatic rings. The van der Waals surface area contributed by atoms with Crippen LogP contribution in [0.2, 0.25) is 0 Å². The number of hydrogen-bond donors (Lipinski definition) is 1. The molecule has 8 nitrogen and oxygen atoms in total. The van der Waals surface area contributed by atoms with Crippen molar-refractivity contribution in [2.24, 2.45) is 0 Å². The van der Waals surface area contributed by atoms with Gasteiger partial charge in [-0.1, -0.05) is 0 Å². The van der Waals surface area contributed by atoms with Crippen LogP contribution in [0.15, 0.2) is 41.3 Å². The molecule has 2 amide bonds. The molecule has 0 atom stereocenters. The summed E-state index contributed by atoms with van der Waals surface area (Å²) in [6, 6.07) is 8.72. The molecule has 2 aromatic carbocycles. The van der Waals surface area contributed by atoms with Crippen molar-refractivity contribution < 1.29 is 27.5 Å². The Bertz CT molecular complexity index is 1090. The summed E-state index contributed by atoms with van der Waals surface area (Å²) in [5, 5.41) is 2.69. The quantitative estimate of drug-likeness (QED) is 0.823. The van der Waals surface area contributed by atoms with Crippen molar-refractivity contribution in [3.8, 4) is 11.5 Å². The van der Waals surface area contributed by atoms with Crippen molar-refractivity contribution in [3.05, 3.63) is 47.5 Å². The molecule has 1 N–H and O–H groups in total. The molecule has 9 heteroatoms. The molecule has 0 saturated heterocycles. The number of methoxy groups -OCH3 is 2. The summed E-state index contributed by atoms with van der Waals surface area (Å²) < 4.78 is 36.8. The summed E-state index contributed by atoms with van der Waals surface area (Å²) >= 11 is 0. The van der Waals surface area contributed by atoms with Crippen LogP contribution in [-0.4, -0.2) is 44.8 Å². The van der Waals surface area contributed by atoms with E-state index in [-0.39, 0.29) is 22.1 Å². The summed E-state index contributed by atoms with van der Waals surface area (Å²) in [5.74, 6) is -0.0999. The van der Waals surface area contributed by atoms with Gasteiger partial charge < -0.3 is 14.8 Å². The first kappa shape index (κ1) is 18.3. The van der Waals surface area contributed by atoms with Crippen LogP contribution >= 0.6 is 0 Å². The van der Waals surface area contributed by atoms with E-state index in [1.54, 1.807) is 18.2 Å². The molecule has 2 aromatic rings. The van der Waals surface area contributed by atoms with E-state index >= 15 is 0 Å². The van der Waals surface area contributed by atoms with Gasteiger partial charge in [-0.3, -0.25) is 9.59 Å². The maximum Gasteiger partial charge on any atom is 0.269 e. The van der Waals surface area contributed by atoms with Gasteiger partial charge in [0.25, 0.3) is 21.8 Å². The second-order valence-corrected chi connectivity index (χ2v) is 8.35. The monoisotopic (exact) mass is 402 g/mol. The van der Waals surface area contributed by atoms with Crippen LogP contribution in [0.3, 0.4) is 0 Å². The van der Waals surface area contributed by atoms with E-state index in [0.717, 1.165) is 4.31 Å². The van der Waals surface area contributed by atoms with Crippen LogP contribution in [0.4, 0.5) is 5.69 Å². The second-order valence-electron chi connectivity index (χ2n) is 6.57. The van der Waals surface area contributed by atoms with E-state index in [1.165, 1.54) is 32.4 Å². The maximum atomic E-state index is 12.7. The van der Waals surface area contributed by atoms with E-state index in [2.05, 4.69) is 5.32 Å². The van der Waals surface area contributed by atoms with Crippen molar-refractivity contribution in [3.63, 3.8) is 0 Å². The van der Waals surface area contributed by atoms with Gasteiger partial charge in [0.05, 0.1) is 25.5 Å². The number of carbonyl (C=O) groups is 2. The van der Waals surface area contributed by atoms with E-state index in [4.69, 9.17) is 9.47 Å². The zero-order valence-corrected chi connectivity index (χ0v) is 16.1. The Kier molecular flexibility index (Phi) is 4.26. The predicted octanol–water partition coefficient (Wildman–Crippen LogP) is 2.26. The Labute approximate surface area is 162 Å². The van der Waals surface area contributed by atoms with Gasteiger partial charge >= 0.3 is 0 Å². The zero-order valence-electron chi connectivity index (χ0n) is 15.3. The molecule has 4 rings (SSSR count). The first-order valence-corrected chi connectivity index (χ1v) is 10.1. The standard InChI is InChI=1S/C19H18N2O6S/c1-26-13-6-8-16(27-2)15(10-13)20-18(22)11-3-7-14-17(9-11)28(24,25)21(19(14)23)12-4-5-12/h3,6-10,12H,4-5H2,1-2H3,(H,20,22). The van der Waals surface area contributed by atoms with Gasteiger partial charge in [-0.2, -0.15) is 0 Å². The highest BCUT2D eigenvalue weighted by molar-refractivity contribution is 7.90. The Morgan fingerprint density at radius 3 is 2.50 bits per heavy atom. The maximum absolute atomic E-state index is 12.7. The summed E-state index contributed by atoms with van der Waals surface area (Å²) in [7, 11) is -0.954. The number of nitrogens with one attached hydrogen (secondary N) is 1. The van der Waals surface area contributed by atoms with Crippen LogP contribution in [-0.2, 0) is 10.0 Å². The lowest BCUT2D eigenvalue weighted by Crippen LogP contribution is -2.31. The van der Waals surface area contributed by atoms with Gasteiger partial charge in [0, 0.05) is 17.7 Å². The van der Waals surface area contributed by atoms with Crippen molar-refractivity contribution in [2.45, 2.75) is 23.8 Å². The molecule has 1 saturated carbocycles. The molecule has 1 aliphatic heterocycles. The van der Waals surface area contributed by atoms with Crippen LogP contribution in [0.1, 0.15) is 33.6 Å². The van der Waals surface area contributed by atoms with Crippen molar-refractivity contribution >= 4 is 27.5 Å². The molecule has 0 radical (unpaired) electrons. The van der Waals surface area contributed by atoms with Crippen LogP contribution in [0, 0.1) is 0 Å². The minimum atomic E-state index is -3.93. The third kappa shape index (κ3) is 2.88.